The maximum absolute atomic E-state index is 13.3. The summed E-state index contributed by atoms with van der Waals surface area (Å²) in [6.45, 7) is 9.56. The smallest absolute Gasteiger partial charge is 0.254 e. The molecule has 0 atom stereocenters. The van der Waals surface area contributed by atoms with Crippen molar-refractivity contribution in [1.82, 2.24) is 14.8 Å². The van der Waals surface area contributed by atoms with Crippen LogP contribution in [0, 0.1) is 19.8 Å². The molecule has 0 bridgehead atoms. The van der Waals surface area contributed by atoms with E-state index in [0.717, 1.165) is 54.0 Å². The standard InChI is InChI=1S/C24H33N3O/c1-18-7-8-23-21(15-18)22(16-19(2)25-23)24(28)27-13-9-20(10-14-27)17-26-11-5-3-4-6-12-26/h7-8,15-16,20H,3-6,9-14,17H2,1-2H3. The lowest BCUT2D eigenvalue weighted by molar-refractivity contribution is 0.0669. The Kier molecular flexibility index (Phi) is 5.96. The maximum atomic E-state index is 13.3. The molecule has 2 aliphatic rings. The first-order valence-electron chi connectivity index (χ1n) is 11.0. The number of amides is 1. The van der Waals surface area contributed by atoms with Crippen LogP contribution < -0.4 is 0 Å². The number of hydrogen-bond acceptors (Lipinski definition) is 3. The Hall–Kier alpha value is -1.94. The van der Waals surface area contributed by atoms with Crippen LogP contribution in [0.5, 0.6) is 0 Å². The van der Waals surface area contributed by atoms with E-state index in [-0.39, 0.29) is 5.91 Å². The first-order valence-corrected chi connectivity index (χ1v) is 11.0. The number of nitrogens with zero attached hydrogens (tertiary/aromatic N) is 3. The number of likely N-dealkylation sites (tertiary alicyclic amines) is 2. The van der Waals surface area contributed by atoms with Gasteiger partial charge < -0.3 is 9.80 Å². The molecule has 4 nitrogen and oxygen atoms in total. The maximum Gasteiger partial charge on any atom is 0.254 e. The van der Waals surface area contributed by atoms with Crippen LogP contribution in [-0.2, 0) is 0 Å². The van der Waals surface area contributed by atoms with Gasteiger partial charge in [0.2, 0.25) is 0 Å². The van der Waals surface area contributed by atoms with Crippen LogP contribution >= 0.6 is 0 Å². The minimum atomic E-state index is 0.175. The van der Waals surface area contributed by atoms with Crippen LogP contribution in [0.3, 0.4) is 0 Å². The summed E-state index contributed by atoms with van der Waals surface area (Å²) in [6, 6.07) is 8.16. The Balaban J connectivity index is 1.43. The third-order valence-electron chi connectivity index (χ3n) is 6.44. The molecular weight excluding hydrogens is 346 g/mol. The number of carbonyl (C=O) groups excluding carboxylic acids is 1. The van der Waals surface area contributed by atoms with Crippen molar-refractivity contribution in [2.45, 2.75) is 52.4 Å². The molecule has 3 heterocycles. The molecular formula is C24H33N3O. The third-order valence-corrected chi connectivity index (χ3v) is 6.44. The molecule has 2 aliphatic heterocycles. The SMILES string of the molecule is Cc1ccc2nc(C)cc(C(=O)N3CCC(CN4CCCCCC4)CC3)c2c1. The highest BCUT2D eigenvalue weighted by Gasteiger charge is 2.26. The highest BCUT2D eigenvalue weighted by molar-refractivity contribution is 6.06. The molecule has 4 rings (SSSR count). The number of rotatable bonds is 3. The Bertz CT molecular complexity index is 831. The summed E-state index contributed by atoms with van der Waals surface area (Å²) >= 11 is 0. The molecule has 0 saturated carbocycles. The van der Waals surface area contributed by atoms with E-state index in [4.69, 9.17) is 0 Å². The second kappa shape index (κ2) is 8.60. The molecule has 2 fully saturated rings. The van der Waals surface area contributed by atoms with Gasteiger partial charge in [0.1, 0.15) is 0 Å². The van der Waals surface area contributed by atoms with E-state index >= 15 is 0 Å². The summed E-state index contributed by atoms with van der Waals surface area (Å²) in [5, 5.41) is 0.988. The average molecular weight is 380 g/mol. The number of pyridine rings is 1. The zero-order chi connectivity index (χ0) is 19.5. The topological polar surface area (TPSA) is 36.4 Å². The molecule has 0 aliphatic carbocycles. The number of carbonyl (C=O) groups is 1. The largest absolute Gasteiger partial charge is 0.339 e. The van der Waals surface area contributed by atoms with Crippen LogP contribution in [0.25, 0.3) is 10.9 Å². The molecule has 1 aromatic carbocycles. The van der Waals surface area contributed by atoms with Gasteiger partial charge in [-0.1, -0.05) is 24.5 Å². The van der Waals surface area contributed by atoms with Crippen molar-refractivity contribution < 1.29 is 4.79 Å². The molecule has 28 heavy (non-hydrogen) atoms. The summed E-state index contributed by atoms with van der Waals surface area (Å²) in [4.78, 5) is 22.6. The fourth-order valence-electron chi connectivity index (χ4n) is 4.82. The van der Waals surface area contributed by atoms with Crippen molar-refractivity contribution in [1.29, 1.82) is 0 Å². The van der Waals surface area contributed by atoms with E-state index in [0.29, 0.717) is 0 Å². The molecule has 1 amide bonds. The van der Waals surface area contributed by atoms with Crippen LogP contribution in [0.1, 0.15) is 60.1 Å². The highest BCUT2D eigenvalue weighted by Crippen LogP contribution is 2.25. The lowest BCUT2D eigenvalue weighted by atomic mass is 9.95. The van der Waals surface area contributed by atoms with E-state index in [1.165, 1.54) is 50.9 Å². The van der Waals surface area contributed by atoms with Gasteiger partial charge in [0.05, 0.1) is 11.1 Å². The summed E-state index contributed by atoms with van der Waals surface area (Å²) in [6.07, 6.45) is 7.74. The lowest BCUT2D eigenvalue weighted by Gasteiger charge is -2.35. The molecule has 4 heteroatoms. The average Bonchev–Trinajstić information content (AvgIpc) is 2.96. The van der Waals surface area contributed by atoms with Gasteiger partial charge in [-0.25, -0.2) is 0 Å². The number of hydrogen-bond donors (Lipinski definition) is 0. The summed E-state index contributed by atoms with van der Waals surface area (Å²) in [5.74, 6) is 0.912. The van der Waals surface area contributed by atoms with Crippen molar-refractivity contribution in [3.63, 3.8) is 0 Å². The van der Waals surface area contributed by atoms with Gasteiger partial charge in [0.25, 0.3) is 5.91 Å². The number of fused-ring (bicyclic) bond motifs is 1. The molecule has 0 spiro atoms. The van der Waals surface area contributed by atoms with E-state index in [9.17, 15) is 4.79 Å². The minimum Gasteiger partial charge on any atom is -0.339 e. The number of aromatic nitrogens is 1. The zero-order valence-electron chi connectivity index (χ0n) is 17.4. The van der Waals surface area contributed by atoms with Crippen molar-refractivity contribution in [2.75, 3.05) is 32.7 Å². The predicted octanol–water partition coefficient (Wildman–Crippen LogP) is 4.58. The first-order chi connectivity index (χ1) is 13.6. The number of benzene rings is 1. The van der Waals surface area contributed by atoms with Gasteiger partial charge in [-0.2, -0.15) is 0 Å². The summed E-state index contributed by atoms with van der Waals surface area (Å²) in [5.41, 5.74) is 3.82. The van der Waals surface area contributed by atoms with E-state index in [2.05, 4.69) is 33.8 Å². The van der Waals surface area contributed by atoms with E-state index < -0.39 is 0 Å². The van der Waals surface area contributed by atoms with E-state index in [1.54, 1.807) is 0 Å². The Morgan fingerprint density at radius 2 is 1.71 bits per heavy atom. The summed E-state index contributed by atoms with van der Waals surface area (Å²) < 4.78 is 0. The molecule has 0 N–H and O–H groups in total. The quantitative estimate of drug-likeness (QED) is 0.783. The van der Waals surface area contributed by atoms with Gasteiger partial charge in [-0.3, -0.25) is 9.78 Å². The highest BCUT2D eigenvalue weighted by atomic mass is 16.2. The molecule has 0 radical (unpaired) electrons. The number of piperidine rings is 1. The van der Waals surface area contributed by atoms with Crippen LogP contribution in [0.4, 0.5) is 0 Å². The Labute approximate surface area is 168 Å². The first kappa shape index (κ1) is 19.4. The zero-order valence-corrected chi connectivity index (χ0v) is 17.4. The Morgan fingerprint density at radius 3 is 2.43 bits per heavy atom. The van der Waals surface area contributed by atoms with Crippen molar-refractivity contribution in [3.8, 4) is 0 Å². The lowest BCUT2D eigenvalue weighted by Crippen LogP contribution is -2.42. The summed E-state index contributed by atoms with van der Waals surface area (Å²) in [7, 11) is 0. The molecule has 150 valence electrons. The van der Waals surface area contributed by atoms with Gasteiger partial charge in [0, 0.05) is 30.7 Å². The Morgan fingerprint density at radius 1 is 1.00 bits per heavy atom. The van der Waals surface area contributed by atoms with Gasteiger partial charge in [-0.05, 0) is 76.7 Å². The number of aryl methyl sites for hydroxylation is 2. The fourth-order valence-corrected chi connectivity index (χ4v) is 4.82. The minimum absolute atomic E-state index is 0.175. The monoisotopic (exact) mass is 379 g/mol. The van der Waals surface area contributed by atoms with Crippen molar-refractivity contribution >= 4 is 16.8 Å². The molecule has 2 saturated heterocycles. The van der Waals surface area contributed by atoms with E-state index in [1.807, 2.05) is 19.1 Å². The molecule has 2 aromatic rings. The van der Waals surface area contributed by atoms with Gasteiger partial charge >= 0.3 is 0 Å². The third kappa shape index (κ3) is 4.38. The molecule has 0 unspecified atom stereocenters. The molecule has 1 aromatic heterocycles. The normalized spacial score (nSPS) is 19.7. The van der Waals surface area contributed by atoms with Gasteiger partial charge in [-0.15, -0.1) is 0 Å². The van der Waals surface area contributed by atoms with Crippen LogP contribution in [-0.4, -0.2) is 53.4 Å². The fraction of sp³-hybridized carbons (Fsp3) is 0.583. The predicted molar refractivity (Wildman–Crippen MR) is 115 cm³/mol. The second-order valence-electron chi connectivity index (χ2n) is 8.78. The van der Waals surface area contributed by atoms with Crippen molar-refractivity contribution in [2.24, 2.45) is 5.92 Å². The second-order valence-corrected chi connectivity index (χ2v) is 8.78. The van der Waals surface area contributed by atoms with Crippen molar-refractivity contribution in [3.05, 3.63) is 41.1 Å². The van der Waals surface area contributed by atoms with Crippen LogP contribution in [0.2, 0.25) is 0 Å². The van der Waals surface area contributed by atoms with Gasteiger partial charge in [0.15, 0.2) is 0 Å². The van der Waals surface area contributed by atoms with Crippen LogP contribution in [0.15, 0.2) is 24.3 Å².